The van der Waals surface area contributed by atoms with Crippen molar-refractivity contribution in [2.75, 3.05) is 12.8 Å². The molecule has 2 heterocycles. The van der Waals surface area contributed by atoms with Crippen LogP contribution in [0.25, 0.3) is 22.5 Å². The van der Waals surface area contributed by atoms with Crippen molar-refractivity contribution in [1.29, 1.82) is 5.26 Å². The van der Waals surface area contributed by atoms with Gasteiger partial charge in [0, 0.05) is 30.5 Å². The van der Waals surface area contributed by atoms with E-state index in [0.29, 0.717) is 35.7 Å². The van der Waals surface area contributed by atoms with Crippen LogP contribution in [0.4, 0.5) is 5.95 Å². The van der Waals surface area contributed by atoms with E-state index in [1.54, 1.807) is 36.1 Å². The lowest BCUT2D eigenvalue weighted by molar-refractivity contribution is 0.185. The van der Waals surface area contributed by atoms with Crippen molar-refractivity contribution in [2.24, 2.45) is 0 Å². The lowest BCUT2D eigenvalue weighted by Gasteiger charge is -2.11. The minimum Gasteiger partial charge on any atom is -0.380 e. The summed E-state index contributed by atoms with van der Waals surface area (Å²) in [4.78, 5) is 21.5. The number of pyridine rings is 1. The van der Waals surface area contributed by atoms with E-state index in [1.807, 2.05) is 49.4 Å². The average Bonchev–Trinajstić information content (AvgIpc) is 2.80. The number of nitrogens with zero attached hydrogens (tertiary/aromatic N) is 4. The number of rotatable bonds is 6. The van der Waals surface area contributed by atoms with Gasteiger partial charge in [0.15, 0.2) is 0 Å². The van der Waals surface area contributed by atoms with E-state index in [9.17, 15) is 10.1 Å². The number of nitrogen functional groups attached to an aromatic ring is 1. The molecule has 0 unspecified atom stereocenters. The molecule has 0 aliphatic rings. The topological polar surface area (TPSA) is 107 Å². The van der Waals surface area contributed by atoms with Crippen LogP contribution < -0.4 is 11.3 Å². The van der Waals surface area contributed by atoms with Crippen LogP contribution in [0.15, 0.2) is 71.7 Å². The zero-order valence-electron chi connectivity index (χ0n) is 18.4. The van der Waals surface area contributed by atoms with Crippen molar-refractivity contribution in [3.8, 4) is 28.6 Å². The number of ether oxygens (including phenoxy) is 1. The third-order valence-corrected chi connectivity index (χ3v) is 5.42. The molecule has 4 rings (SSSR count). The molecule has 0 aliphatic carbocycles. The van der Waals surface area contributed by atoms with Crippen LogP contribution in [0.3, 0.4) is 0 Å². The number of aromatic nitrogens is 3. The van der Waals surface area contributed by atoms with E-state index in [0.717, 1.165) is 22.3 Å². The molecule has 2 aromatic carbocycles. The first kappa shape index (κ1) is 21.9. The van der Waals surface area contributed by atoms with Gasteiger partial charge in [-0.15, -0.1) is 0 Å². The molecule has 0 amide bonds. The Morgan fingerprint density at radius 3 is 2.55 bits per heavy atom. The van der Waals surface area contributed by atoms with Gasteiger partial charge in [0.05, 0.1) is 36.2 Å². The van der Waals surface area contributed by atoms with Gasteiger partial charge in [0.25, 0.3) is 5.56 Å². The fraction of sp³-hybridized carbons (Fsp3) is 0.154. The van der Waals surface area contributed by atoms with Crippen molar-refractivity contribution < 1.29 is 4.74 Å². The van der Waals surface area contributed by atoms with E-state index in [2.05, 4.69) is 16.0 Å². The minimum absolute atomic E-state index is 0.100. The molecule has 0 saturated heterocycles. The summed E-state index contributed by atoms with van der Waals surface area (Å²) < 4.78 is 6.83. The molecule has 0 bridgehead atoms. The normalized spacial score (nSPS) is 10.7. The van der Waals surface area contributed by atoms with Crippen LogP contribution in [0.5, 0.6) is 0 Å². The summed E-state index contributed by atoms with van der Waals surface area (Å²) in [5, 5.41) is 9.33. The van der Waals surface area contributed by atoms with Crippen molar-refractivity contribution in [1.82, 2.24) is 14.5 Å². The molecule has 0 atom stereocenters. The first-order valence-corrected chi connectivity index (χ1v) is 10.4. The lowest BCUT2D eigenvalue weighted by Crippen LogP contribution is -2.19. The van der Waals surface area contributed by atoms with Crippen LogP contribution in [0, 0.1) is 18.3 Å². The van der Waals surface area contributed by atoms with Crippen LogP contribution >= 0.6 is 0 Å². The van der Waals surface area contributed by atoms with Crippen molar-refractivity contribution in [2.45, 2.75) is 20.1 Å². The minimum atomic E-state index is -0.147. The van der Waals surface area contributed by atoms with Gasteiger partial charge < -0.3 is 15.0 Å². The maximum absolute atomic E-state index is 12.8. The van der Waals surface area contributed by atoms with Gasteiger partial charge in [0.1, 0.15) is 0 Å². The Kier molecular flexibility index (Phi) is 6.29. The second kappa shape index (κ2) is 9.47. The van der Waals surface area contributed by atoms with E-state index < -0.39 is 0 Å². The number of methoxy groups -OCH3 is 1. The van der Waals surface area contributed by atoms with Gasteiger partial charge in [-0.2, -0.15) is 5.26 Å². The number of anilines is 1. The zero-order valence-corrected chi connectivity index (χ0v) is 18.4. The quantitative estimate of drug-likeness (QED) is 0.490. The van der Waals surface area contributed by atoms with E-state index >= 15 is 0 Å². The zero-order chi connectivity index (χ0) is 23.4. The summed E-state index contributed by atoms with van der Waals surface area (Å²) in [6.07, 6.45) is 1.75. The second-order valence-electron chi connectivity index (χ2n) is 7.72. The second-order valence-corrected chi connectivity index (χ2v) is 7.72. The molecular formula is C26H23N5O2. The van der Waals surface area contributed by atoms with E-state index in [4.69, 9.17) is 10.5 Å². The summed E-state index contributed by atoms with van der Waals surface area (Å²) >= 11 is 0. The molecule has 4 aromatic rings. The number of nitrogens with two attached hydrogens (primary N) is 1. The number of nitriles is 1. The van der Waals surface area contributed by atoms with Crippen LogP contribution in [-0.2, 0) is 17.9 Å². The largest absolute Gasteiger partial charge is 0.380 e. The van der Waals surface area contributed by atoms with Gasteiger partial charge in [0.2, 0.25) is 5.95 Å². The summed E-state index contributed by atoms with van der Waals surface area (Å²) in [7, 11) is 1.66. The highest BCUT2D eigenvalue weighted by atomic mass is 16.5. The molecular weight excluding hydrogens is 414 g/mol. The average molecular weight is 438 g/mol. The predicted octanol–water partition coefficient (Wildman–Crippen LogP) is 3.93. The third kappa shape index (κ3) is 4.81. The first-order chi connectivity index (χ1) is 16.0. The molecule has 2 aromatic heterocycles. The van der Waals surface area contributed by atoms with Gasteiger partial charge in [-0.25, -0.2) is 9.97 Å². The fourth-order valence-corrected chi connectivity index (χ4v) is 3.76. The van der Waals surface area contributed by atoms with Crippen LogP contribution in [0.1, 0.15) is 22.3 Å². The lowest BCUT2D eigenvalue weighted by atomic mass is 9.99. The number of hydrogen-bond donors (Lipinski definition) is 1. The Labute approximate surface area is 191 Å². The van der Waals surface area contributed by atoms with Crippen LogP contribution in [0.2, 0.25) is 0 Å². The van der Waals surface area contributed by atoms with E-state index in [-0.39, 0.29) is 11.5 Å². The third-order valence-electron chi connectivity index (χ3n) is 5.42. The van der Waals surface area contributed by atoms with Crippen molar-refractivity contribution >= 4 is 5.95 Å². The molecule has 0 radical (unpaired) electrons. The number of benzene rings is 2. The summed E-state index contributed by atoms with van der Waals surface area (Å²) in [6, 6.07) is 20.8. The smallest absolute Gasteiger partial charge is 0.251 e. The molecule has 33 heavy (non-hydrogen) atoms. The first-order valence-electron chi connectivity index (χ1n) is 10.4. The maximum atomic E-state index is 12.8. The Bertz CT molecular complexity index is 1420. The SMILES string of the molecule is COCc1cccc(Cn2ccc(-c3cc(-c4cccc(C#N)c4C)nc(N)n3)cc2=O)c1. The van der Waals surface area contributed by atoms with Crippen LogP contribution in [-0.4, -0.2) is 21.6 Å². The predicted molar refractivity (Wildman–Crippen MR) is 127 cm³/mol. The summed E-state index contributed by atoms with van der Waals surface area (Å²) in [5.41, 5.74) is 11.9. The Hall–Kier alpha value is -4.28. The highest BCUT2D eigenvalue weighted by Gasteiger charge is 2.12. The Morgan fingerprint density at radius 1 is 1.03 bits per heavy atom. The van der Waals surface area contributed by atoms with Gasteiger partial charge in [-0.1, -0.05) is 36.4 Å². The molecule has 164 valence electrons. The monoisotopic (exact) mass is 437 g/mol. The molecule has 0 aliphatic heterocycles. The van der Waals surface area contributed by atoms with E-state index in [1.165, 1.54) is 0 Å². The molecule has 0 saturated carbocycles. The highest BCUT2D eigenvalue weighted by Crippen LogP contribution is 2.27. The van der Waals surface area contributed by atoms with Crippen molar-refractivity contribution in [3.05, 3.63) is 99.5 Å². The molecule has 2 N–H and O–H groups in total. The molecule has 0 spiro atoms. The van der Waals surface area contributed by atoms with Gasteiger partial charge >= 0.3 is 0 Å². The summed E-state index contributed by atoms with van der Waals surface area (Å²) in [6.45, 7) is 2.85. The Morgan fingerprint density at radius 2 is 1.79 bits per heavy atom. The number of hydrogen-bond acceptors (Lipinski definition) is 6. The van der Waals surface area contributed by atoms with Gasteiger partial charge in [-0.3, -0.25) is 4.79 Å². The maximum Gasteiger partial charge on any atom is 0.251 e. The molecule has 7 nitrogen and oxygen atoms in total. The van der Waals surface area contributed by atoms with Crippen molar-refractivity contribution in [3.63, 3.8) is 0 Å². The summed E-state index contributed by atoms with van der Waals surface area (Å²) in [5.74, 6) is 0.100. The molecule has 0 fully saturated rings. The fourth-order valence-electron chi connectivity index (χ4n) is 3.76. The highest BCUT2D eigenvalue weighted by molar-refractivity contribution is 5.72. The molecule has 7 heteroatoms. The Balaban J connectivity index is 1.67. The standard InChI is InChI=1S/C26H23N5O2/c1-17-21(14-27)7-4-8-22(17)24-13-23(29-26(28)30-24)20-9-10-31(25(32)12-20)15-18-5-3-6-19(11-18)16-33-2/h3-13H,15-16H2,1-2H3,(H2,28,29,30). The van der Waals surface area contributed by atoms with Gasteiger partial charge in [-0.05, 0) is 41.8 Å².